The molecule has 2 rings (SSSR count). The van der Waals surface area contributed by atoms with Gasteiger partial charge in [0, 0.05) is 26.2 Å². The molecule has 0 unspecified atom stereocenters. The van der Waals surface area contributed by atoms with E-state index in [4.69, 9.17) is 4.74 Å². The first-order valence-electron chi connectivity index (χ1n) is 7.85. The van der Waals surface area contributed by atoms with Gasteiger partial charge in [0.2, 0.25) is 0 Å². The van der Waals surface area contributed by atoms with Gasteiger partial charge in [-0.05, 0) is 38.4 Å². The molecule has 0 bridgehead atoms. The lowest BCUT2D eigenvalue weighted by atomic mass is 10.0. The van der Waals surface area contributed by atoms with Gasteiger partial charge in [-0.25, -0.2) is 0 Å². The molecular weight excluding hydrogens is 264 g/mol. The summed E-state index contributed by atoms with van der Waals surface area (Å²) in [5.74, 6) is 0. The normalized spacial score (nSPS) is 18.8. The first-order chi connectivity index (χ1) is 10.2. The second-order valence-corrected chi connectivity index (χ2v) is 6.05. The summed E-state index contributed by atoms with van der Waals surface area (Å²) in [7, 11) is 1.63. The standard InChI is InChI=1S/C17H28N2O2/c1-14-4-3-5-15(10-14)11-18-16-6-8-19(9-7-16)12-17(20)13-21-2/h3-5,10,16-18,20H,6-9,11-13H2,1-2H3/t17-/m0/s1. The van der Waals surface area contributed by atoms with Crippen molar-refractivity contribution >= 4 is 0 Å². The molecule has 1 atom stereocenters. The number of aryl methyl sites for hydroxylation is 1. The van der Waals surface area contributed by atoms with E-state index in [1.165, 1.54) is 11.1 Å². The maximum Gasteiger partial charge on any atom is 0.0900 e. The maximum atomic E-state index is 9.76. The van der Waals surface area contributed by atoms with Gasteiger partial charge in [-0.3, -0.25) is 0 Å². The number of rotatable bonds is 7. The number of ether oxygens (including phenoxy) is 1. The average molecular weight is 292 g/mol. The van der Waals surface area contributed by atoms with Crippen LogP contribution in [0.3, 0.4) is 0 Å². The highest BCUT2D eigenvalue weighted by atomic mass is 16.5. The quantitative estimate of drug-likeness (QED) is 0.800. The Balaban J connectivity index is 1.67. The fourth-order valence-corrected chi connectivity index (χ4v) is 2.95. The number of nitrogens with one attached hydrogen (secondary N) is 1. The Morgan fingerprint density at radius 2 is 2.14 bits per heavy atom. The Morgan fingerprint density at radius 3 is 2.81 bits per heavy atom. The zero-order valence-corrected chi connectivity index (χ0v) is 13.2. The van der Waals surface area contributed by atoms with E-state index in [1.54, 1.807) is 7.11 Å². The van der Waals surface area contributed by atoms with Crippen LogP contribution in [0.2, 0.25) is 0 Å². The summed E-state index contributed by atoms with van der Waals surface area (Å²) in [6.45, 7) is 6.31. The molecule has 1 saturated heterocycles. The van der Waals surface area contributed by atoms with Crippen LogP contribution in [0.4, 0.5) is 0 Å². The fourth-order valence-electron chi connectivity index (χ4n) is 2.95. The van der Waals surface area contributed by atoms with Gasteiger partial charge in [0.15, 0.2) is 0 Å². The molecule has 1 fully saturated rings. The molecule has 0 radical (unpaired) electrons. The highest BCUT2D eigenvalue weighted by Crippen LogP contribution is 2.12. The Labute approximate surface area is 128 Å². The molecule has 1 aromatic rings. The number of aliphatic hydroxyl groups excluding tert-OH is 1. The molecule has 21 heavy (non-hydrogen) atoms. The number of likely N-dealkylation sites (tertiary alicyclic amines) is 1. The minimum atomic E-state index is -0.369. The van der Waals surface area contributed by atoms with Crippen LogP contribution in [0.15, 0.2) is 24.3 Å². The minimum Gasteiger partial charge on any atom is -0.389 e. The third-order valence-electron chi connectivity index (χ3n) is 4.09. The molecule has 0 aliphatic carbocycles. The van der Waals surface area contributed by atoms with E-state index < -0.39 is 0 Å². The highest BCUT2D eigenvalue weighted by molar-refractivity contribution is 5.22. The fraction of sp³-hybridized carbons (Fsp3) is 0.647. The molecule has 0 amide bonds. The summed E-state index contributed by atoms with van der Waals surface area (Å²) >= 11 is 0. The first kappa shape index (κ1) is 16.4. The van der Waals surface area contributed by atoms with Crippen LogP contribution in [0.25, 0.3) is 0 Å². The Morgan fingerprint density at radius 1 is 1.38 bits per heavy atom. The van der Waals surface area contributed by atoms with Crippen LogP contribution in [0.1, 0.15) is 24.0 Å². The highest BCUT2D eigenvalue weighted by Gasteiger charge is 2.20. The molecule has 2 N–H and O–H groups in total. The van der Waals surface area contributed by atoms with E-state index in [0.29, 0.717) is 12.6 Å². The summed E-state index contributed by atoms with van der Waals surface area (Å²) in [6.07, 6.45) is 1.92. The van der Waals surface area contributed by atoms with Crippen LogP contribution < -0.4 is 5.32 Å². The molecule has 1 aliphatic rings. The second kappa shape index (κ2) is 8.49. The number of hydrogen-bond donors (Lipinski definition) is 2. The van der Waals surface area contributed by atoms with Crippen LogP contribution in [-0.2, 0) is 11.3 Å². The van der Waals surface area contributed by atoms with Gasteiger partial charge in [-0.2, -0.15) is 0 Å². The summed E-state index contributed by atoms with van der Waals surface area (Å²) in [5.41, 5.74) is 2.67. The van der Waals surface area contributed by atoms with Crippen LogP contribution in [0, 0.1) is 6.92 Å². The van der Waals surface area contributed by atoms with E-state index in [0.717, 1.165) is 39.0 Å². The summed E-state index contributed by atoms with van der Waals surface area (Å²) in [4.78, 5) is 2.33. The molecular formula is C17H28N2O2. The summed E-state index contributed by atoms with van der Waals surface area (Å²) < 4.78 is 4.97. The van der Waals surface area contributed by atoms with Crippen LogP contribution in [0.5, 0.6) is 0 Å². The number of piperidine rings is 1. The molecule has 1 aliphatic heterocycles. The van der Waals surface area contributed by atoms with Crippen molar-refractivity contribution in [3.63, 3.8) is 0 Å². The predicted molar refractivity (Wildman–Crippen MR) is 85.4 cm³/mol. The molecule has 1 heterocycles. The minimum absolute atomic E-state index is 0.369. The number of hydrogen-bond acceptors (Lipinski definition) is 4. The molecule has 4 heteroatoms. The average Bonchev–Trinajstić information content (AvgIpc) is 2.47. The number of methoxy groups -OCH3 is 1. The van der Waals surface area contributed by atoms with Crippen molar-refractivity contribution in [2.24, 2.45) is 0 Å². The third kappa shape index (κ3) is 5.75. The molecule has 4 nitrogen and oxygen atoms in total. The summed E-state index contributed by atoms with van der Waals surface area (Å²) in [6, 6.07) is 9.25. The van der Waals surface area contributed by atoms with Crippen LogP contribution in [-0.4, -0.2) is 55.5 Å². The molecule has 0 spiro atoms. The zero-order valence-electron chi connectivity index (χ0n) is 13.2. The smallest absolute Gasteiger partial charge is 0.0900 e. The maximum absolute atomic E-state index is 9.76. The van der Waals surface area contributed by atoms with Crippen molar-refractivity contribution in [1.29, 1.82) is 0 Å². The van der Waals surface area contributed by atoms with Gasteiger partial charge in [0.25, 0.3) is 0 Å². The van der Waals surface area contributed by atoms with Gasteiger partial charge in [0.1, 0.15) is 0 Å². The SMILES string of the molecule is COC[C@@H](O)CN1CCC(NCc2cccc(C)c2)CC1. The largest absolute Gasteiger partial charge is 0.389 e. The van der Waals surface area contributed by atoms with Crippen molar-refractivity contribution in [1.82, 2.24) is 10.2 Å². The number of aliphatic hydroxyl groups is 1. The van der Waals surface area contributed by atoms with Gasteiger partial charge in [-0.15, -0.1) is 0 Å². The number of nitrogens with zero attached hydrogens (tertiary/aromatic N) is 1. The monoisotopic (exact) mass is 292 g/mol. The van der Waals surface area contributed by atoms with Crippen molar-refractivity contribution in [3.05, 3.63) is 35.4 Å². The van der Waals surface area contributed by atoms with Gasteiger partial charge >= 0.3 is 0 Å². The summed E-state index contributed by atoms with van der Waals surface area (Å²) in [5, 5.41) is 13.4. The van der Waals surface area contributed by atoms with Crippen LogP contribution >= 0.6 is 0 Å². The molecule has 118 valence electrons. The molecule has 0 saturated carbocycles. The second-order valence-electron chi connectivity index (χ2n) is 6.05. The lowest BCUT2D eigenvalue weighted by Crippen LogP contribution is -2.45. The first-order valence-corrected chi connectivity index (χ1v) is 7.85. The van der Waals surface area contributed by atoms with E-state index in [2.05, 4.69) is 41.4 Å². The topological polar surface area (TPSA) is 44.7 Å². The third-order valence-corrected chi connectivity index (χ3v) is 4.09. The van der Waals surface area contributed by atoms with Gasteiger partial charge in [0.05, 0.1) is 12.7 Å². The molecule has 0 aromatic heterocycles. The Kier molecular flexibility index (Phi) is 6.64. The van der Waals surface area contributed by atoms with E-state index in [9.17, 15) is 5.11 Å². The number of β-amino-alcohol motifs (C(OH)–C–C–N with tert-alkyl or cyclic N) is 1. The number of benzene rings is 1. The van der Waals surface area contributed by atoms with Crippen molar-refractivity contribution in [2.75, 3.05) is 33.4 Å². The van der Waals surface area contributed by atoms with Gasteiger partial charge < -0.3 is 20.1 Å². The predicted octanol–water partition coefficient (Wildman–Crippen LogP) is 1.56. The molecule has 1 aromatic carbocycles. The van der Waals surface area contributed by atoms with Crippen molar-refractivity contribution < 1.29 is 9.84 Å². The van der Waals surface area contributed by atoms with Gasteiger partial charge in [-0.1, -0.05) is 29.8 Å². The Hall–Kier alpha value is -0.940. The Bertz CT molecular complexity index is 417. The van der Waals surface area contributed by atoms with E-state index in [1.807, 2.05) is 0 Å². The van der Waals surface area contributed by atoms with Crippen molar-refractivity contribution in [2.45, 2.75) is 38.5 Å². The lowest BCUT2D eigenvalue weighted by molar-refractivity contribution is 0.0310. The lowest BCUT2D eigenvalue weighted by Gasteiger charge is -2.33. The van der Waals surface area contributed by atoms with E-state index >= 15 is 0 Å². The van der Waals surface area contributed by atoms with Crippen molar-refractivity contribution in [3.8, 4) is 0 Å². The van der Waals surface area contributed by atoms with E-state index in [-0.39, 0.29) is 6.10 Å². The zero-order chi connectivity index (χ0) is 15.1.